The Morgan fingerprint density at radius 1 is 0.947 bits per heavy atom. The Hall–Kier alpha value is -0.0800. The Labute approximate surface area is 120 Å². The lowest BCUT2D eigenvalue weighted by Gasteiger charge is -2.35. The van der Waals surface area contributed by atoms with E-state index in [-0.39, 0.29) is 0 Å². The second kappa shape index (κ2) is 7.64. The van der Waals surface area contributed by atoms with Crippen molar-refractivity contribution in [2.24, 2.45) is 11.8 Å². The van der Waals surface area contributed by atoms with Crippen LogP contribution in [0.5, 0.6) is 0 Å². The van der Waals surface area contributed by atoms with Gasteiger partial charge in [-0.3, -0.25) is 4.90 Å². The van der Waals surface area contributed by atoms with Crippen molar-refractivity contribution in [2.75, 3.05) is 19.6 Å². The summed E-state index contributed by atoms with van der Waals surface area (Å²) < 4.78 is 0. The van der Waals surface area contributed by atoms with Crippen LogP contribution < -0.4 is 5.32 Å². The first kappa shape index (κ1) is 15.3. The molecule has 0 aromatic rings. The standard InChI is InChI=1S/C17H34N2/c1-14(2)16-7-9-17(10-8-16)18-13-15(3)19-11-5-4-6-12-19/h14-18H,4-13H2,1-3H3. The molecule has 2 fully saturated rings. The van der Waals surface area contributed by atoms with E-state index in [1.807, 2.05) is 0 Å². The van der Waals surface area contributed by atoms with Crippen molar-refractivity contribution in [3.63, 3.8) is 0 Å². The van der Waals surface area contributed by atoms with Crippen LogP contribution in [0.25, 0.3) is 0 Å². The van der Waals surface area contributed by atoms with Crippen LogP contribution in [-0.2, 0) is 0 Å². The van der Waals surface area contributed by atoms with Gasteiger partial charge in [-0.1, -0.05) is 20.3 Å². The van der Waals surface area contributed by atoms with Crippen LogP contribution in [0.2, 0.25) is 0 Å². The van der Waals surface area contributed by atoms with Crippen LogP contribution in [0.3, 0.4) is 0 Å². The Balaban J connectivity index is 1.63. The molecule has 2 heteroatoms. The Bertz CT molecular complexity index is 238. The lowest BCUT2D eigenvalue weighted by Crippen LogP contribution is -2.46. The summed E-state index contributed by atoms with van der Waals surface area (Å²) in [6.07, 6.45) is 9.93. The molecule has 2 aliphatic rings. The highest BCUT2D eigenvalue weighted by molar-refractivity contribution is 4.81. The summed E-state index contributed by atoms with van der Waals surface area (Å²) in [4.78, 5) is 2.68. The topological polar surface area (TPSA) is 15.3 Å². The van der Waals surface area contributed by atoms with Crippen LogP contribution in [0.1, 0.15) is 65.7 Å². The molecule has 0 aromatic heterocycles. The largest absolute Gasteiger partial charge is 0.312 e. The van der Waals surface area contributed by atoms with E-state index in [4.69, 9.17) is 0 Å². The molecular weight excluding hydrogens is 232 g/mol. The van der Waals surface area contributed by atoms with Crippen molar-refractivity contribution in [3.8, 4) is 0 Å². The number of hydrogen-bond acceptors (Lipinski definition) is 2. The molecule has 0 radical (unpaired) electrons. The molecule has 0 amide bonds. The zero-order valence-electron chi connectivity index (χ0n) is 13.3. The Kier molecular flexibility index (Phi) is 6.15. The minimum absolute atomic E-state index is 0.725. The Morgan fingerprint density at radius 3 is 2.16 bits per heavy atom. The van der Waals surface area contributed by atoms with Crippen molar-refractivity contribution in [3.05, 3.63) is 0 Å². The average Bonchev–Trinajstić information content (AvgIpc) is 2.46. The van der Waals surface area contributed by atoms with Crippen LogP contribution in [0.15, 0.2) is 0 Å². The van der Waals surface area contributed by atoms with Gasteiger partial charge in [-0.05, 0) is 70.4 Å². The molecule has 19 heavy (non-hydrogen) atoms. The van der Waals surface area contributed by atoms with Crippen LogP contribution >= 0.6 is 0 Å². The zero-order valence-corrected chi connectivity index (χ0v) is 13.3. The third-order valence-electron chi connectivity index (χ3n) is 5.43. The van der Waals surface area contributed by atoms with Gasteiger partial charge in [0.05, 0.1) is 0 Å². The fraction of sp³-hybridized carbons (Fsp3) is 1.00. The van der Waals surface area contributed by atoms with E-state index >= 15 is 0 Å². The summed E-state index contributed by atoms with van der Waals surface area (Å²) in [7, 11) is 0. The fourth-order valence-electron chi connectivity index (χ4n) is 3.82. The van der Waals surface area contributed by atoms with Gasteiger partial charge in [-0.2, -0.15) is 0 Å². The van der Waals surface area contributed by atoms with E-state index in [0.29, 0.717) is 0 Å². The predicted molar refractivity (Wildman–Crippen MR) is 83.5 cm³/mol. The monoisotopic (exact) mass is 266 g/mol. The molecular formula is C17H34N2. The zero-order chi connectivity index (χ0) is 13.7. The fourth-order valence-corrected chi connectivity index (χ4v) is 3.82. The van der Waals surface area contributed by atoms with Gasteiger partial charge in [-0.25, -0.2) is 0 Å². The molecule has 1 aliphatic carbocycles. The van der Waals surface area contributed by atoms with Gasteiger partial charge in [-0.15, -0.1) is 0 Å². The van der Waals surface area contributed by atoms with E-state index in [1.165, 1.54) is 64.6 Å². The normalized spacial score (nSPS) is 31.6. The highest BCUT2D eigenvalue weighted by Crippen LogP contribution is 2.29. The van der Waals surface area contributed by atoms with E-state index in [9.17, 15) is 0 Å². The summed E-state index contributed by atoms with van der Waals surface area (Å²) in [5.74, 6) is 1.87. The Morgan fingerprint density at radius 2 is 1.58 bits per heavy atom. The smallest absolute Gasteiger partial charge is 0.0192 e. The van der Waals surface area contributed by atoms with Crippen LogP contribution in [-0.4, -0.2) is 36.6 Å². The quantitative estimate of drug-likeness (QED) is 0.817. The molecule has 2 rings (SSSR count). The summed E-state index contributed by atoms with van der Waals surface area (Å²) in [5, 5.41) is 3.84. The lowest BCUT2D eigenvalue weighted by molar-refractivity contribution is 0.161. The van der Waals surface area contributed by atoms with Crippen molar-refractivity contribution in [2.45, 2.75) is 77.8 Å². The van der Waals surface area contributed by atoms with Gasteiger partial charge < -0.3 is 5.32 Å². The number of likely N-dealkylation sites (tertiary alicyclic amines) is 1. The van der Waals surface area contributed by atoms with Gasteiger partial charge in [0, 0.05) is 18.6 Å². The SMILES string of the molecule is CC(C)C1CCC(NCC(C)N2CCCCC2)CC1. The third-order valence-corrected chi connectivity index (χ3v) is 5.43. The molecule has 0 aromatic carbocycles. The predicted octanol–water partition coefficient (Wildman–Crippen LogP) is 3.67. The van der Waals surface area contributed by atoms with Crippen molar-refractivity contribution in [1.82, 2.24) is 10.2 Å². The summed E-state index contributed by atoms with van der Waals surface area (Å²) in [6, 6.07) is 1.52. The number of rotatable bonds is 5. The maximum absolute atomic E-state index is 3.84. The maximum Gasteiger partial charge on any atom is 0.0192 e. The number of hydrogen-bond donors (Lipinski definition) is 1. The van der Waals surface area contributed by atoms with Gasteiger partial charge in [0.2, 0.25) is 0 Å². The maximum atomic E-state index is 3.84. The van der Waals surface area contributed by atoms with Crippen molar-refractivity contribution < 1.29 is 0 Å². The van der Waals surface area contributed by atoms with Crippen molar-refractivity contribution >= 4 is 0 Å². The first-order valence-corrected chi connectivity index (χ1v) is 8.64. The van der Waals surface area contributed by atoms with Gasteiger partial charge in [0.25, 0.3) is 0 Å². The molecule has 112 valence electrons. The second-order valence-electron chi connectivity index (χ2n) is 7.21. The number of nitrogens with one attached hydrogen (secondary N) is 1. The van der Waals surface area contributed by atoms with Gasteiger partial charge in [0.1, 0.15) is 0 Å². The molecule has 0 bridgehead atoms. The van der Waals surface area contributed by atoms with Gasteiger partial charge >= 0.3 is 0 Å². The summed E-state index contributed by atoms with van der Waals surface area (Å²) in [5.41, 5.74) is 0. The van der Waals surface area contributed by atoms with E-state index in [1.54, 1.807) is 0 Å². The second-order valence-corrected chi connectivity index (χ2v) is 7.21. The first-order valence-electron chi connectivity index (χ1n) is 8.64. The third kappa shape index (κ3) is 4.75. The average molecular weight is 266 g/mol. The highest BCUT2D eigenvalue weighted by Gasteiger charge is 2.24. The molecule has 1 saturated heterocycles. The minimum atomic E-state index is 0.725. The minimum Gasteiger partial charge on any atom is -0.312 e. The number of nitrogens with zero attached hydrogens (tertiary/aromatic N) is 1. The summed E-state index contributed by atoms with van der Waals surface area (Å²) >= 11 is 0. The molecule has 0 spiro atoms. The molecule has 1 N–H and O–H groups in total. The molecule has 2 nitrogen and oxygen atoms in total. The van der Waals surface area contributed by atoms with E-state index < -0.39 is 0 Å². The van der Waals surface area contributed by atoms with E-state index in [0.717, 1.165) is 23.9 Å². The first-order chi connectivity index (χ1) is 9.16. The molecule has 1 saturated carbocycles. The van der Waals surface area contributed by atoms with Gasteiger partial charge in [0.15, 0.2) is 0 Å². The molecule has 1 heterocycles. The van der Waals surface area contributed by atoms with E-state index in [2.05, 4.69) is 31.0 Å². The van der Waals surface area contributed by atoms with Crippen LogP contribution in [0, 0.1) is 11.8 Å². The molecule has 1 unspecified atom stereocenters. The summed E-state index contributed by atoms with van der Waals surface area (Å²) in [6.45, 7) is 11.0. The molecule has 1 aliphatic heterocycles. The van der Waals surface area contributed by atoms with Crippen LogP contribution in [0.4, 0.5) is 0 Å². The molecule has 1 atom stereocenters. The highest BCUT2D eigenvalue weighted by atomic mass is 15.2. The lowest BCUT2D eigenvalue weighted by atomic mass is 9.79. The number of piperidine rings is 1. The van der Waals surface area contributed by atoms with Crippen molar-refractivity contribution in [1.29, 1.82) is 0 Å².